The van der Waals surface area contributed by atoms with Crippen LogP contribution in [0.15, 0.2) is 23.2 Å². The molecule has 1 aromatic rings. The van der Waals surface area contributed by atoms with Crippen LogP contribution in [-0.4, -0.2) is 82.3 Å². The van der Waals surface area contributed by atoms with Crippen LogP contribution in [0.5, 0.6) is 11.5 Å². The zero-order valence-electron chi connectivity index (χ0n) is 18.3. The first-order chi connectivity index (χ1) is 14.5. The molecule has 0 spiro atoms. The summed E-state index contributed by atoms with van der Waals surface area (Å²) in [4.78, 5) is 9.08. The Bertz CT molecular complexity index is 660. The smallest absolute Gasteiger partial charge is 0.387 e. The van der Waals surface area contributed by atoms with Crippen molar-refractivity contribution in [1.29, 1.82) is 0 Å². The van der Waals surface area contributed by atoms with E-state index in [-0.39, 0.29) is 5.75 Å². The number of halogens is 2. The second-order valence-electron chi connectivity index (χ2n) is 7.26. The summed E-state index contributed by atoms with van der Waals surface area (Å²) in [7, 11) is 3.86. The fourth-order valence-electron chi connectivity index (χ4n) is 3.43. The largest absolute Gasteiger partial charge is 0.490 e. The molecule has 7 nitrogen and oxygen atoms in total. The maximum Gasteiger partial charge on any atom is 0.387 e. The van der Waals surface area contributed by atoms with E-state index >= 15 is 0 Å². The van der Waals surface area contributed by atoms with Crippen LogP contribution in [-0.2, 0) is 6.54 Å². The summed E-state index contributed by atoms with van der Waals surface area (Å²) in [6.45, 7) is 5.88. The van der Waals surface area contributed by atoms with Crippen molar-refractivity contribution in [2.75, 3.05) is 60.0 Å². The van der Waals surface area contributed by atoms with Crippen LogP contribution in [0.4, 0.5) is 8.78 Å². The average Bonchev–Trinajstić information content (AvgIpc) is 2.93. The third-order valence-electron chi connectivity index (χ3n) is 4.99. The Balaban J connectivity index is 1.81. The van der Waals surface area contributed by atoms with Crippen LogP contribution >= 0.6 is 0 Å². The van der Waals surface area contributed by atoms with Gasteiger partial charge in [0.15, 0.2) is 17.5 Å². The van der Waals surface area contributed by atoms with Gasteiger partial charge in [0.05, 0.1) is 6.61 Å². The summed E-state index contributed by atoms with van der Waals surface area (Å²) in [5.74, 6) is 0.988. The Hall–Kier alpha value is -2.13. The van der Waals surface area contributed by atoms with Crippen molar-refractivity contribution in [2.45, 2.75) is 32.9 Å². The van der Waals surface area contributed by atoms with E-state index < -0.39 is 6.61 Å². The molecule has 1 saturated heterocycles. The predicted molar refractivity (Wildman–Crippen MR) is 116 cm³/mol. The van der Waals surface area contributed by atoms with E-state index in [0.717, 1.165) is 45.7 Å². The second-order valence-corrected chi connectivity index (χ2v) is 7.26. The fourth-order valence-corrected chi connectivity index (χ4v) is 3.43. The number of aliphatic imine (C=N–C) groups is 1. The van der Waals surface area contributed by atoms with Crippen molar-refractivity contribution in [3.8, 4) is 11.5 Å². The van der Waals surface area contributed by atoms with Gasteiger partial charge >= 0.3 is 6.61 Å². The highest BCUT2D eigenvalue weighted by molar-refractivity contribution is 5.79. The van der Waals surface area contributed by atoms with Gasteiger partial charge in [0.25, 0.3) is 0 Å². The molecular weight excluding hydrogens is 392 g/mol. The van der Waals surface area contributed by atoms with Crippen LogP contribution < -0.4 is 20.1 Å². The number of para-hydroxylation sites is 1. The third kappa shape index (κ3) is 8.31. The van der Waals surface area contributed by atoms with Gasteiger partial charge in [-0.3, -0.25) is 4.99 Å². The third-order valence-corrected chi connectivity index (χ3v) is 4.99. The van der Waals surface area contributed by atoms with Gasteiger partial charge in [0.2, 0.25) is 0 Å². The standard InChI is InChI=1S/C21H35F2N5O2/c1-4-29-18-9-5-8-17(19(18)30-20(22)23)16-26-21(24-2)25-10-6-12-28-13-7-11-27(3)14-15-28/h5,8-9,20H,4,6-7,10-16H2,1-3H3,(H2,24,25,26). The van der Waals surface area contributed by atoms with Crippen molar-refractivity contribution in [3.63, 3.8) is 0 Å². The number of hydrogen-bond acceptors (Lipinski definition) is 5. The van der Waals surface area contributed by atoms with Gasteiger partial charge in [-0.2, -0.15) is 8.78 Å². The minimum absolute atomic E-state index is 0.0587. The molecule has 0 unspecified atom stereocenters. The van der Waals surface area contributed by atoms with E-state index in [2.05, 4.69) is 32.5 Å². The SMILES string of the molecule is CCOc1cccc(CNC(=NC)NCCCN2CCCN(C)CC2)c1OC(F)F. The molecule has 30 heavy (non-hydrogen) atoms. The number of nitrogens with one attached hydrogen (secondary N) is 2. The van der Waals surface area contributed by atoms with E-state index in [1.165, 1.54) is 6.42 Å². The van der Waals surface area contributed by atoms with Gasteiger partial charge < -0.3 is 29.9 Å². The molecule has 2 N–H and O–H groups in total. The summed E-state index contributed by atoms with van der Waals surface area (Å²) in [6, 6.07) is 5.12. The van der Waals surface area contributed by atoms with E-state index in [1.54, 1.807) is 32.2 Å². The molecule has 0 atom stereocenters. The first-order valence-corrected chi connectivity index (χ1v) is 10.6. The zero-order chi connectivity index (χ0) is 21.8. The Morgan fingerprint density at radius 2 is 2.03 bits per heavy atom. The lowest BCUT2D eigenvalue weighted by molar-refractivity contribution is -0.0520. The first kappa shape index (κ1) is 24.1. The molecule has 0 amide bonds. The normalized spacial score (nSPS) is 16.4. The van der Waals surface area contributed by atoms with Crippen molar-refractivity contribution in [2.24, 2.45) is 4.99 Å². The molecule has 1 fully saturated rings. The average molecular weight is 428 g/mol. The summed E-state index contributed by atoms with van der Waals surface area (Å²) < 4.78 is 35.8. The number of nitrogens with zero attached hydrogens (tertiary/aromatic N) is 3. The lowest BCUT2D eigenvalue weighted by Crippen LogP contribution is -2.38. The van der Waals surface area contributed by atoms with Crippen LogP contribution in [0.25, 0.3) is 0 Å². The molecule has 9 heteroatoms. The van der Waals surface area contributed by atoms with Gasteiger partial charge in [-0.1, -0.05) is 12.1 Å². The van der Waals surface area contributed by atoms with Crippen molar-refractivity contribution in [3.05, 3.63) is 23.8 Å². The molecule has 0 bridgehead atoms. The number of rotatable bonds is 10. The number of benzene rings is 1. The predicted octanol–water partition coefficient (Wildman–Crippen LogP) is 2.38. The van der Waals surface area contributed by atoms with Crippen molar-refractivity contribution < 1.29 is 18.3 Å². The molecule has 1 aliphatic heterocycles. The van der Waals surface area contributed by atoms with E-state index in [4.69, 9.17) is 9.47 Å². The summed E-state index contributed by atoms with van der Waals surface area (Å²) >= 11 is 0. The molecule has 0 saturated carbocycles. The Kier molecular flexibility index (Phi) is 10.6. The summed E-state index contributed by atoms with van der Waals surface area (Å²) in [6.07, 6.45) is 2.21. The lowest BCUT2D eigenvalue weighted by atomic mass is 10.2. The Morgan fingerprint density at radius 3 is 2.77 bits per heavy atom. The summed E-state index contributed by atoms with van der Waals surface area (Å²) in [5, 5.41) is 6.45. The van der Waals surface area contributed by atoms with Crippen LogP contribution in [0.3, 0.4) is 0 Å². The Labute approximate surface area is 178 Å². The molecule has 2 rings (SSSR count). The molecule has 170 valence electrons. The molecule has 1 heterocycles. The Morgan fingerprint density at radius 1 is 1.20 bits per heavy atom. The van der Waals surface area contributed by atoms with Crippen molar-refractivity contribution >= 4 is 5.96 Å². The van der Waals surface area contributed by atoms with Crippen LogP contribution in [0, 0.1) is 0 Å². The second kappa shape index (κ2) is 13.2. The minimum Gasteiger partial charge on any atom is -0.490 e. The monoisotopic (exact) mass is 427 g/mol. The van der Waals surface area contributed by atoms with Gasteiger partial charge in [-0.05, 0) is 52.5 Å². The highest BCUT2D eigenvalue weighted by Crippen LogP contribution is 2.32. The van der Waals surface area contributed by atoms with E-state index in [1.807, 2.05) is 0 Å². The number of hydrogen-bond donors (Lipinski definition) is 2. The molecule has 0 radical (unpaired) electrons. The number of alkyl halides is 2. The molecule has 0 aliphatic carbocycles. The lowest BCUT2D eigenvalue weighted by Gasteiger charge is -2.20. The number of likely N-dealkylation sites (N-methyl/N-ethyl adjacent to an activating group) is 1. The van der Waals surface area contributed by atoms with Gasteiger partial charge in [-0.25, -0.2) is 0 Å². The van der Waals surface area contributed by atoms with Gasteiger partial charge in [0.1, 0.15) is 0 Å². The molecular formula is C21H35F2N5O2. The van der Waals surface area contributed by atoms with Crippen molar-refractivity contribution in [1.82, 2.24) is 20.4 Å². The van der Waals surface area contributed by atoms with Crippen LogP contribution in [0.2, 0.25) is 0 Å². The maximum absolute atomic E-state index is 12.9. The highest BCUT2D eigenvalue weighted by Gasteiger charge is 2.16. The van der Waals surface area contributed by atoms with Crippen LogP contribution in [0.1, 0.15) is 25.3 Å². The van der Waals surface area contributed by atoms with Gasteiger partial charge in [0, 0.05) is 38.8 Å². The number of guanidine groups is 1. The molecule has 0 aromatic heterocycles. The minimum atomic E-state index is -2.92. The van der Waals surface area contributed by atoms with Gasteiger partial charge in [-0.15, -0.1) is 0 Å². The highest BCUT2D eigenvalue weighted by atomic mass is 19.3. The summed E-state index contributed by atoms with van der Waals surface area (Å²) in [5.41, 5.74) is 0.581. The fraction of sp³-hybridized carbons (Fsp3) is 0.667. The molecule has 1 aromatic carbocycles. The topological polar surface area (TPSA) is 61.4 Å². The first-order valence-electron chi connectivity index (χ1n) is 10.6. The maximum atomic E-state index is 12.9. The zero-order valence-corrected chi connectivity index (χ0v) is 18.3. The van der Waals surface area contributed by atoms with E-state index in [9.17, 15) is 8.78 Å². The van der Waals surface area contributed by atoms with E-state index in [0.29, 0.717) is 30.4 Å². The quantitative estimate of drug-likeness (QED) is 0.340. The number of ether oxygens (including phenoxy) is 2. The molecule has 1 aliphatic rings.